The van der Waals surface area contributed by atoms with Crippen molar-refractivity contribution in [3.8, 4) is 11.4 Å². The molecule has 164 valence electrons. The standard InChI is InChI=1S/C22H18F2N4O3S/c1-28(32(30,31)16-5-3-2-4-6-16)13-21(29)25-15-8-10-19-20(12-15)27-22(26-19)17-11-14(23)7-9-18(17)24/h2-12H,13H2,1H3,(H,25,29)(H,26,27). The Kier molecular flexibility index (Phi) is 5.72. The zero-order valence-corrected chi connectivity index (χ0v) is 17.7. The molecule has 10 heteroatoms. The molecule has 0 aliphatic heterocycles. The highest BCUT2D eigenvalue weighted by Crippen LogP contribution is 2.25. The van der Waals surface area contributed by atoms with E-state index >= 15 is 0 Å². The van der Waals surface area contributed by atoms with Gasteiger partial charge in [-0.25, -0.2) is 22.2 Å². The molecular weight excluding hydrogens is 438 g/mol. The Morgan fingerprint density at radius 2 is 1.81 bits per heavy atom. The number of hydrogen-bond acceptors (Lipinski definition) is 4. The molecule has 0 fully saturated rings. The van der Waals surface area contributed by atoms with Crippen LogP contribution in [0.5, 0.6) is 0 Å². The summed E-state index contributed by atoms with van der Waals surface area (Å²) in [6.45, 7) is -0.391. The number of carbonyl (C=O) groups excluding carboxylic acids is 1. The van der Waals surface area contributed by atoms with E-state index in [1.165, 1.54) is 19.2 Å². The number of aromatic amines is 1. The maximum absolute atomic E-state index is 14.0. The van der Waals surface area contributed by atoms with Gasteiger partial charge in [0.1, 0.15) is 17.5 Å². The molecule has 3 aromatic carbocycles. The van der Waals surface area contributed by atoms with E-state index in [9.17, 15) is 22.0 Å². The Labute approximate surface area is 182 Å². The second-order valence-electron chi connectivity index (χ2n) is 7.06. The van der Waals surface area contributed by atoms with Crippen molar-refractivity contribution in [2.24, 2.45) is 0 Å². The van der Waals surface area contributed by atoms with Crippen LogP contribution < -0.4 is 5.32 Å². The Balaban J connectivity index is 1.51. The summed E-state index contributed by atoms with van der Waals surface area (Å²) < 4.78 is 53.6. The molecule has 1 amide bonds. The summed E-state index contributed by atoms with van der Waals surface area (Å²) in [5, 5.41) is 2.63. The summed E-state index contributed by atoms with van der Waals surface area (Å²) in [7, 11) is -2.49. The van der Waals surface area contributed by atoms with Crippen molar-refractivity contribution in [3.05, 3.63) is 78.4 Å². The zero-order chi connectivity index (χ0) is 22.9. The third-order valence-electron chi connectivity index (χ3n) is 4.77. The number of anilines is 1. The molecule has 0 atom stereocenters. The van der Waals surface area contributed by atoms with E-state index in [4.69, 9.17) is 0 Å². The predicted octanol–water partition coefficient (Wildman–Crippen LogP) is 3.77. The van der Waals surface area contributed by atoms with Crippen molar-refractivity contribution in [1.82, 2.24) is 14.3 Å². The van der Waals surface area contributed by atoms with Gasteiger partial charge in [0.05, 0.1) is 28.0 Å². The number of fused-ring (bicyclic) bond motifs is 1. The number of hydrogen-bond donors (Lipinski definition) is 2. The number of nitrogens with zero attached hydrogens (tertiary/aromatic N) is 2. The summed E-state index contributed by atoms with van der Waals surface area (Å²) in [5.41, 5.74) is 1.36. The van der Waals surface area contributed by atoms with E-state index in [1.807, 2.05) is 0 Å². The van der Waals surface area contributed by atoms with Gasteiger partial charge in [0.25, 0.3) is 0 Å². The van der Waals surface area contributed by atoms with Gasteiger partial charge in [-0.1, -0.05) is 18.2 Å². The van der Waals surface area contributed by atoms with Crippen LogP contribution in [0.1, 0.15) is 0 Å². The first-order chi connectivity index (χ1) is 15.2. The molecule has 0 aliphatic carbocycles. The molecule has 0 unspecified atom stereocenters. The molecule has 0 spiro atoms. The summed E-state index contributed by atoms with van der Waals surface area (Å²) in [4.78, 5) is 19.7. The third kappa shape index (κ3) is 4.36. The van der Waals surface area contributed by atoms with Gasteiger partial charge in [0.2, 0.25) is 15.9 Å². The molecule has 0 saturated carbocycles. The number of aromatic nitrogens is 2. The molecule has 0 radical (unpaired) electrons. The van der Waals surface area contributed by atoms with Crippen LogP contribution in [0.3, 0.4) is 0 Å². The van der Waals surface area contributed by atoms with Gasteiger partial charge >= 0.3 is 0 Å². The lowest BCUT2D eigenvalue weighted by molar-refractivity contribution is -0.116. The number of carbonyl (C=O) groups is 1. The highest BCUT2D eigenvalue weighted by Gasteiger charge is 2.22. The van der Waals surface area contributed by atoms with Gasteiger partial charge in [-0.15, -0.1) is 0 Å². The highest BCUT2D eigenvalue weighted by molar-refractivity contribution is 7.89. The zero-order valence-electron chi connectivity index (χ0n) is 16.8. The third-order valence-corrected chi connectivity index (χ3v) is 6.58. The number of benzene rings is 3. The number of nitrogens with one attached hydrogen (secondary N) is 2. The van der Waals surface area contributed by atoms with E-state index in [-0.39, 0.29) is 16.3 Å². The van der Waals surface area contributed by atoms with E-state index in [0.29, 0.717) is 16.7 Å². The Bertz CT molecular complexity index is 1410. The maximum Gasteiger partial charge on any atom is 0.243 e. The van der Waals surface area contributed by atoms with Crippen LogP contribution in [0.4, 0.5) is 14.5 Å². The van der Waals surface area contributed by atoms with E-state index in [2.05, 4.69) is 15.3 Å². The molecule has 0 aliphatic rings. The van der Waals surface area contributed by atoms with Crippen molar-refractivity contribution in [1.29, 1.82) is 0 Å². The van der Waals surface area contributed by atoms with Crippen LogP contribution in [-0.2, 0) is 14.8 Å². The number of halogens is 2. The minimum Gasteiger partial charge on any atom is -0.338 e. The fourth-order valence-electron chi connectivity index (χ4n) is 3.15. The van der Waals surface area contributed by atoms with Crippen molar-refractivity contribution in [2.75, 3.05) is 18.9 Å². The summed E-state index contributed by atoms with van der Waals surface area (Å²) in [6, 6.07) is 15.6. The van der Waals surface area contributed by atoms with Crippen LogP contribution in [-0.4, -0.2) is 42.2 Å². The predicted molar refractivity (Wildman–Crippen MR) is 116 cm³/mol. The average molecular weight is 456 g/mol. The molecule has 0 saturated heterocycles. The average Bonchev–Trinajstić information content (AvgIpc) is 3.19. The fourth-order valence-corrected chi connectivity index (χ4v) is 4.30. The number of likely N-dealkylation sites (N-methyl/N-ethyl adjacent to an activating group) is 1. The maximum atomic E-state index is 14.0. The van der Waals surface area contributed by atoms with Gasteiger partial charge in [0, 0.05) is 12.7 Å². The Hall–Kier alpha value is -3.63. The highest BCUT2D eigenvalue weighted by atomic mass is 32.2. The van der Waals surface area contributed by atoms with Gasteiger partial charge in [-0.3, -0.25) is 4.79 Å². The molecule has 1 aromatic heterocycles. The second kappa shape index (κ2) is 8.48. The normalized spacial score (nSPS) is 11.8. The van der Waals surface area contributed by atoms with E-state index < -0.39 is 34.1 Å². The number of amides is 1. The topological polar surface area (TPSA) is 95.2 Å². The van der Waals surface area contributed by atoms with Crippen LogP contribution in [0.15, 0.2) is 71.6 Å². The fraction of sp³-hybridized carbons (Fsp3) is 0.0909. The lowest BCUT2D eigenvalue weighted by Crippen LogP contribution is -2.34. The summed E-state index contributed by atoms with van der Waals surface area (Å²) in [6.07, 6.45) is 0. The molecular formula is C22H18F2N4O3S. The van der Waals surface area contributed by atoms with Gasteiger partial charge in [-0.2, -0.15) is 4.31 Å². The van der Waals surface area contributed by atoms with Crippen molar-refractivity contribution >= 4 is 32.7 Å². The van der Waals surface area contributed by atoms with Gasteiger partial charge in [0.15, 0.2) is 0 Å². The first kappa shape index (κ1) is 21.6. The van der Waals surface area contributed by atoms with Gasteiger partial charge in [-0.05, 0) is 48.5 Å². The molecule has 7 nitrogen and oxygen atoms in total. The van der Waals surface area contributed by atoms with Crippen LogP contribution >= 0.6 is 0 Å². The number of rotatable bonds is 6. The Morgan fingerprint density at radius 1 is 1.06 bits per heavy atom. The minimum atomic E-state index is -3.81. The van der Waals surface area contributed by atoms with Crippen LogP contribution in [0.2, 0.25) is 0 Å². The minimum absolute atomic E-state index is 0.0143. The summed E-state index contributed by atoms with van der Waals surface area (Å²) in [5.74, 6) is -1.61. The van der Waals surface area contributed by atoms with Crippen LogP contribution in [0.25, 0.3) is 22.4 Å². The quantitative estimate of drug-likeness (QED) is 0.462. The first-order valence-corrected chi connectivity index (χ1v) is 10.9. The molecule has 0 bridgehead atoms. The van der Waals surface area contributed by atoms with E-state index in [0.717, 1.165) is 22.5 Å². The monoisotopic (exact) mass is 456 g/mol. The first-order valence-electron chi connectivity index (χ1n) is 9.50. The van der Waals surface area contributed by atoms with Crippen LogP contribution in [0, 0.1) is 11.6 Å². The molecule has 4 aromatic rings. The lowest BCUT2D eigenvalue weighted by Gasteiger charge is -2.16. The van der Waals surface area contributed by atoms with Crippen molar-refractivity contribution in [2.45, 2.75) is 4.90 Å². The molecule has 2 N–H and O–H groups in total. The number of H-pyrrole nitrogens is 1. The van der Waals surface area contributed by atoms with Crippen molar-refractivity contribution in [3.63, 3.8) is 0 Å². The number of sulfonamides is 1. The van der Waals surface area contributed by atoms with Gasteiger partial charge < -0.3 is 10.3 Å². The molecule has 32 heavy (non-hydrogen) atoms. The Morgan fingerprint density at radius 3 is 2.56 bits per heavy atom. The second-order valence-corrected chi connectivity index (χ2v) is 9.11. The van der Waals surface area contributed by atoms with E-state index in [1.54, 1.807) is 36.4 Å². The molecule has 4 rings (SSSR count). The molecule has 1 heterocycles. The smallest absolute Gasteiger partial charge is 0.243 e. The van der Waals surface area contributed by atoms with Crippen molar-refractivity contribution < 1.29 is 22.0 Å². The SMILES string of the molecule is CN(CC(=O)Nc1ccc2nc(-c3cc(F)ccc3F)[nH]c2c1)S(=O)(=O)c1ccccc1. The number of imidazole rings is 1. The lowest BCUT2D eigenvalue weighted by atomic mass is 10.2. The summed E-state index contributed by atoms with van der Waals surface area (Å²) >= 11 is 0. The largest absolute Gasteiger partial charge is 0.338 e.